The Morgan fingerprint density at radius 2 is 2.08 bits per heavy atom. The van der Waals surface area contributed by atoms with Gasteiger partial charge in [-0.05, 0) is 25.7 Å². The summed E-state index contributed by atoms with van der Waals surface area (Å²) in [7, 11) is 0. The summed E-state index contributed by atoms with van der Waals surface area (Å²) >= 11 is 0. The molecule has 1 aliphatic carbocycles. The lowest BCUT2D eigenvalue weighted by Gasteiger charge is -2.21. The number of ether oxygens (including phenoxy) is 1. The van der Waals surface area contributed by atoms with Gasteiger partial charge >= 0.3 is 5.97 Å². The number of hydrogen-bond donors (Lipinski definition) is 1. The van der Waals surface area contributed by atoms with Crippen molar-refractivity contribution >= 4 is 5.97 Å². The average molecular weight is 175 g/mol. The van der Waals surface area contributed by atoms with Gasteiger partial charge in [-0.1, -0.05) is 6.42 Å². The van der Waals surface area contributed by atoms with Crippen molar-refractivity contribution in [3.05, 3.63) is 0 Å². The van der Waals surface area contributed by atoms with Crippen molar-refractivity contribution in [2.45, 2.75) is 38.2 Å². The number of nitrogens with one attached hydrogen (secondary N) is 1. The molecule has 0 bridgehead atoms. The first-order valence-corrected chi connectivity index (χ1v) is 4.36. The zero-order chi connectivity index (χ0) is 8.81. The molecule has 0 heterocycles. The van der Waals surface area contributed by atoms with Gasteiger partial charge in [0.25, 0.3) is 0 Å². The lowest BCUT2D eigenvalue weighted by Crippen LogP contribution is -2.26. The maximum atomic E-state index is 11.4. The predicted octanol–water partition coefficient (Wildman–Crippen LogP) is 1.34. The Morgan fingerprint density at radius 3 is 2.67 bits per heavy atom. The van der Waals surface area contributed by atoms with Crippen LogP contribution in [0.2, 0.25) is 0 Å². The van der Waals surface area contributed by atoms with Crippen molar-refractivity contribution in [2.75, 3.05) is 6.54 Å². The molecule has 1 N–H and O–H groups in total. The Balaban J connectivity index is 2.15. The highest BCUT2D eigenvalue weighted by Gasteiger charge is 2.16. The number of esters is 1. The van der Waals surface area contributed by atoms with Crippen LogP contribution in [0.25, 0.3) is 0 Å². The Kier molecular flexibility index (Phi) is 4.00. The van der Waals surface area contributed by atoms with Gasteiger partial charge in [0.15, 0.2) is 0 Å². The van der Waals surface area contributed by atoms with Crippen LogP contribution in [0.4, 0.5) is 4.48 Å². The first-order chi connectivity index (χ1) is 5.83. The van der Waals surface area contributed by atoms with E-state index >= 15 is 0 Å². The molecule has 1 rings (SSSR count). The number of rotatable bonds is 3. The second-order valence-electron chi connectivity index (χ2n) is 3.06. The summed E-state index contributed by atoms with van der Waals surface area (Å²) in [6.07, 6.45) is 5.33. The molecule has 70 valence electrons. The largest absolute Gasteiger partial charge is 0.461 e. The van der Waals surface area contributed by atoms with E-state index in [9.17, 15) is 9.28 Å². The normalized spacial score (nSPS) is 19.1. The molecule has 1 aliphatic rings. The molecule has 0 aliphatic heterocycles. The van der Waals surface area contributed by atoms with E-state index in [1.54, 1.807) is 0 Å². The predicted molar refractivity (Wildman–Crippen MR) is 42.1 cm³/mol. The second-order valence-corrected chi connectivity index (χ2v) is 3.06. The lowest BCUT2D eigenvalue weighted by molar-refractivity contribution is -0.150. The van der Waals surface area contributed by atoms with Crippen LogP contribution < -0.4 is 5.54 Å². The van der Waals surface area contributed by atoms with E-state index in [1.807, 2.05) is 0 Å². The molecule has 1 fully saturated rings. The quantitative estimate of drug-likeness (QED) is 0.519. The number of hydrogen-bond acceptors (Lipinski definition) is 3. The Labute approximate surface area is 71.2 Å². The van der Waals surface area contributed by atoms with Gasteiger partial charge in [-0.25, -0.2) is 0 Å². The molecule has 0 spiro atoms. The first kappa shape index (κ1) is 9.45. The molecule has 4 heteroatoms. The molecule has 0 aromatic heterocycles. The van der Waals surface area contributed by atoms with Crippen molar-refractivity contribution in [1.82, 2.24) is 5.54 Å². The van der Waals surface area contributed by atoms with Crippen LogP contribution >= 0.6 is 0 Å². The summed E-state index contributed by atoms with van der Waals surface area (Å²) in [6.45, 7) is -0.337. The summed E-state index contributed by atoms with van der Waals surface area (Å²) in [4.78, 5) is 10.8. The fraction of sp³-hybridized carbons (Fsp3) is 0.875. The molecule has 0 atom stereocenters. The maximum absolute atomic E-state index is 11.4. The minimum atomic E-state index is -0.496. The van der Waals surface area contributed by atoms with Crippen molar-refractivity contribution in [3.8, 4) is 0 Å². The minimum Gasteiger partial charge on any atom is -0.461 e. The maximum Gasteiger partial charge on any atom is 0.322 e. The molecule has 3 nitrogen and oxygen atoms in total. The van der Waals surface area contributed by atoms with E-state index in [4.69, 9.17) is 4.74 Å². The summed E-state index contributed by atoms with van der Waals surface area (Å²) in [5.74, 6) is -0.496. The van der Waals surface area contributed by atoms with E-state index < -0.39 is 5.97 Å². The van der Waals surface area contributed by atoms with E-state index in [2.05, 4.69) is 0 Å². The van der Waals surface area contributed by atoms with E-state index in [0.29, 0.717) is 0 Å². The third-order valence-corrected chi connectivity index (χ3v) is 2.06. The van der Waals surface area contributed by atoms with Gasteiger partial charge in [0.2, 0.25) is 0 Å². The smallest absolute Gasteiger partial charge is 0.322 e. The third kappa shape index (κ3) is 3.17. The molecule has 1 saturated carbocycles. The summed E-state index contributed by atoms with van der Waals surface area (Å²) in [5, 5.41) is 0. The summed E-state index contributed by atoms with van der Waals surface area (Å²) in [6, 6.07) is 0. The van der Waals surface area contributed by atoms with Crippen molar-refractivity contribution < 1.29 is 14.0 Å². The average Bonchev–Trinajstić information content (AvgIpc) is 2.06. The van der Waals surface area contributed by atoms with Gasteiger partial charge in [-0.15, -0.1) is 10.0 Å². The fourth-order valence-corrected chi connectivity index (χ4v) is 1.47. The van der Waals surface area contributed by atoms with Crippen molar-refractivity contribution in [2.24, 2.45) is 0 Å². The summed E-state index contributed by atoms with van der Waals surface area (Å²) < 4.78 is 16.4. The van der Waals surface area contributed by atoms with Gasteiger partial charge in [0, 0.05) is 0 Å². The van der Waals surface area contributed by atoms with Gasteiger partial charge in [0.1, 0.15) is 12.6 Å². The molecule has 0 unspecified atom stereocenters. The zero-order valence-electron chi connectivity index (χ0n) is 7.01. The van der Waals surface area contributed by atoms with Crippen molar-refractivity contribution in [3.63, 3.8) is 0 Å². The van der Waals surface area contributed by atoms with Crippen molar-refractivity contribution in [1.29, 1.82) is 0 Å². The lowest BCUT2D eigenvalue weighted by atomic mass is 9.98. The molecule has 0 aromatic rings. The molecule has 12 heavy (non-hydrogen) atoms. The standard InChI is InChI=1S/C8H14FNO2/c9-10-6-8(11)12-7-4-2-1-3-5-7/h7,10H,1-6H2. The van der Waals surface area contributed by atoms with E-state index in [0.717, 1.165) is 25.7 Å². The molecule has 0 saturated heterocycles. The number of carbonyl (C=O) groups is 1. The zero-order valence-corrected chi connectivity index (χ0v) is 7.01. The van der Waals surface area contributed by atoms with E-state index in [-0.39, 0.29) is 12.6 Å². The minimum absolute atomic E-state index is 0.0274. The van der Waals surface area contributed by atoms with Gasteiger partial charge in [0.05, 0.1) is 0 Å². The third-order valence-electron chi connectivity index (χ3n) is 2.06. The highest BCUT2D eigenvalue weighted by molar-refractivity contribution is 5.71. The molecule has 0 aromatic carbocycles. The van der Waals surface area contributed by atoms with Crippen LogP contribution in [0.15, 0.2) is 0 Å². The van der Waals surface area contributed by atoms with E-state index in [1.165, 1.54) is 12.0 Å². The fourth-order valence-electron chi connectivity index (χ4n) is 1.47. The summed E-state index contributed by atoms with van der Waals surface area (Å²) in [5.41, 5.74) is 1.28. The van der Waals surface area contributed by atoms with Gasteiger partial charge < -0.3 is 4.74 Å². The van der Waals surface area contributed by atoms with Gasteiger partial charge in [-0.3, -0.25) is 4.79 Å². The highest BCUT2D eigenvalue weighted by Crippen LogP contribution is 2.20. The molecular weight excluding hydrogens is 161 g/mol. The van der Waals surface area contributed by atoms with Gasteiger partial charge in [-0.2, -0.15) is 0 Å². The molecule has 0 amide bonds. The Morgan fingerprint density at radius 1 is 1.42 bits per heavy atom. The topological polar surface area (TPSA) is 38.3 Å². The van der Waals surface area contributed by atoms with Crippen LogP contribution in [-0.2, 0) is 9.53 Å². The second kappa shape index (κ2) is 5.09. The number of carbonyl (C=O) groups excluding carboxylic acids is 1. The number of halogens is 1. The van der Waals surface area contributed by atoms with Crippen LogP contribution in [-0.4, -0.2) is 18.6 Å². The Hall–Kier alpha value is -0.640. The first-order valence-electron chi connectivity index (χ1n) is 4.36. The molecule has 0 radical (unpaired) electrons. The van der Waals surface area contributed by atoms with Crippen LogP contribution in [0.5, 0.6) is 0 Å². The van der Waals surface area contributed by atoms with Crippen LogP contribution in [0.1, 0.15) is 32.1 Å². The van der Waals surface area contributed by atoms with Crippen LogP contribution in [0, 0.1) is 0 Å². The monoisotopic (exact) mass is 175 g/mol. The SMILES string of the molecule is O=C(CNF)OC1CCCCC1. The highest BCUT2D eigenvalue weighted by atomic mass is 19.2. The Bertz CT molecular complexity index is 146. The van der Waals surface area contributed by atoms with Crippen LogP contribution in [0.3, 0.4) is 0 Å². The molecular formula is C8H14FNO2.